The Labute approximate surface area is 121 Å². The average molecular weight is 285 g/mol. The molecule has 0 bridgehead atoms. The fraction of sp³-hybridized carbons (Fsp3) is 0.867. The molecule has 1 aliphatic heterocycles. The van der Waals surface area contributed by atoms with Crippen LogP contribution >= 0.6 is 0 Å². The standard InChI is InChI=1S/C15H27NO4/c1-12(2)5-4-6-13-11-16(9-10-20-13)14(17)7-8-15(18)19-3/h12-13H,4-11H2,1-3H3/t13-/m0/s1. The molecule has 0 aromatic carbocycles. The highest BCUT2D eigenvalue weighted by atomic mass is 16.5. The van der Waals surface area contributed by atoms with Crippen molar-refractivity contribution in [3.05, 3.63) is 0 Å². The van der Waals surface area contributed by atoms with Crippen LogP contribution in [0.4, 0.5) is 0 Å². The second-order valence-corrected chi connectivity index (χ2v) is 5.73. The minimum absolute atomic E-state index is 0.0209. The normalized spacial score (nSPS) is 19.2. The van der Waals surface area contributed by atoms with Crippen molar-refractivity contribution in [3.63, 3.8) is 0 Å². The Morgan fingerprint density at radius 1 is 1.35 bits per heavy atom. The van der Waals surface area contributed by atoms with Crippen LogP contribution in [-0.2, 0) is 19.1 Å². The zero-order chi connectivity index (χ0) is 15.0. The van der Waals surface area contributed by atoms with Crippen LogP contribution in [0.3, 0.4) is 0 Å². The summed E-state index contributed by atoms with van der Waals surface area (Å²) in [5, 5.41) is 0. The van der Waals surface area contributed by atoms with Gasteiger partial charge in [-0.15, -0.1) is 0 Å². The smallest absolute Gasteiger partial charge is 0.306 e. The molecule has 1 amide bonds. The molecule has 0 saturated carbocycles. The Kier molecular flexibility index (Phi) is 7.59. The number of carbonyl (C=O) groups excluding carboxylic acids is 2. The maximum absolute atomic E-state index is 12.0. The number of morpholine rings is 1. The summed E-state index contributed by atoms with van der Waals surface area (Å²) in [4.78, 5) is 24.9. The number of nitrogens with zero attached hydrogens (tertiary/aromatic N) is 1. The highest BCUT2D eigenvalue weighted by Gasteiger charge is 2.24. The van der Waals surface area contributed by atoms with Crippen molar-refractivity contribution in [2.24, 2.45) is 5.92 Å². The summed E-state index contributed by atoms with van der Waals surface area (Å²) in [7, 11) is 1.34. The molecule has 1 rings (SSSR count). The monoisotopic (exact) mass is 285 g/mol. The zero-order valence-corrected chi connectivity index (χ0v) is 12.9. The third-order valence-corrected chi connectivity index (χ3v) is 3.57. The van der Waals surface area contributed by atoms with Crippen molar-refractivity contribution in [2.45, 2.75) is 52.1 Å². The zero-order valence-electron chi connectivity index (χ0n) is 12.9. The fourth-order valence-corrected chi connectivity index (χ4v) is 2.34. The van der Waals surface area contributed by atoms with Crippen LogP contribution in [-0.4, -0.2) is 49.7 Å². The first-order valence-corrected chi connectivity index (χ1v) is 7.49. The van der Waals surface area contributed by atoms with Gasteiger partial charge in [0.1, 0.15) is 0 Å². The molecule has 5 heteroatoms. The van der Waals surface area contributed by atoms with Crippen LogP contribution in [0.2, 0.25) is 0 Å². The number of hydrogen-bond donors (Lipinski definition) is 0. The van der Waals surface area contributed by atoms with Gasteiger partial charge in [0.05, 0.1) is 26.2 Å². The highest BCUT2D eigenvalue weighted by molar-refractivity contribution is 5.81. The lowest BCUT2D eigenvalue weighted by Gasteiger charge is -2.33. The second-order valence-electron chi connectivity index (χ2n) is 5.73. The second kappa shape index (κ2) is 8.95. The molecule has 1 aliphatic rings. The van der Waals surface area contributed by atoms with Gasteiger partial charge in [0.15, 0.2) is 0 Å². The lowest BCUT2D eigenvalue weighted by molar-refractivity contribution is -0.146. The van der Waals surface area contributed by atoms with Crippen molar-refractivity contribution in [1.82, 2.24) is 4.90 Å². The van der Waals surface area contributed by atoms with Gasteiger partial charge in [-0.2, -0.15) is 0 Å². The van der Waals surface area contributed by atoms with Crippen LogP contribution in [0.15, 0.2) is 0 Å². The van der Waals surface area contributed by atoms with Crippen molar-refractivity contribution in [3.8, 4) is 0 Å². The summed E-state index contributed by atoms with van der Waals surface area (Å²) >= 11 is 0. The van der Waals surface area contributed by atoms with Crippen LogP contribution in [0.1, 0.15) is 46.0 Å². The predicted molar refractivity (Wildman–Crippen MR) is 76.3 cm³/mol. The molecule has 0 aliphatic carbocycles. The van der Waals surface area contributed by atoms with E-state index in [2.05, 4.69) is 18.6 Å². The Hall–Kier alpha value is -1.10. The van der Waals surface area contributed by atoms with Gasteiger partial charge < -0.3 is 14.4 Å². The minimum Gasteiger partial charge on any atom is -0.469 e. The average Bonchev–Trinajstić information content (AvgIpc) is 2.44. The first-order chi connectivity index (χ1) is 9.52. The topological polar surface area (TPSA) is 55.8 Å². The third kappa shape index (κ3) is 6.37. The van der Waals surface area contributed by atoms with E-state index in [1.165, 1.54) is 13.5 Å². The molecule has 1 atom stereocenters. The van der Waals surface area contributed by atoms with Crippen LogP contribution < -0.4 is 0 Å². The molecular weight excluding hydrogens is 258 g/mol. The number of ether oxygens (including phenoxy) is 2. The largest absolute Gasteiger partial charge is 0.469 e. The predicted octanol–water partition coefficient (Wildman–Crippen LogP) is 1.99. The summed E-state index contributed by atoms with van der Waals surface area (Å²) < 4.78 is 10.3. The summed E-state index contributed by atoms with van der Waals surface area (Å²) in [6, 6.07) is 0. The summed E-state index contributed by atoms with van der Waals surface area (Å²) in [6.07, 6.45) is 3.85. The molecule has 1 heterocycles. The van der Waals surface area contributed by atoms with Crippen molar-refractivity contribution in [1.29, 1.82) is 0 Å². The van der Waals surface area contributed by atoms with E-state index in [0.717, 1.165) is 12.8 Å². The molecule has 0 aromatic heterocycles. The van der Waals surface area contributed by atoms with Gasteiger partial charge in [-0.1, -0.05) is 26.7 Å². The van der Waals surface area contributed by atoms with Gasteiger partial charge in [-0.05, 0) is 12.3 Å². The lowest BCUT2D eigenvalue weighted by atomic mass is 10.0. The van der Waals surface area contributed by atoms with Gasteiger partial charge in [0, 0.05) is 19.5 Å². The lowest BCUT2D eigenvalue weighted by Crippen LogP contribution is -2.45. The van der Waals surface area contributed by atoms with Crippen LogP contribution in [0, 0.1) is 5.92 Å². The van der Waals surface area contributed by atoms with E-state index in [-0.39, 0.29) is 30.8 Å². The molecular formula is C15H27NO4. The maximum Gasteiger partial charge on any atom is 0.306 e. The van der Waals surface area contributed by atoms with Crippen molar-refractivity contribution < 1.29 is 19.1 Å². The molecule has 5 nitrogen and oxygen atoms in total. The Morgan fingerprint density at radius 3 is 2.75 bits per heavy atom. The Bertz CT molecular complexity index is 317. The number of rotatable bonds is 7. The van der Waals surface area contributed by atoms with E-state index in [9.17, 15) is 9.59 Å². The first-order valence-electron chi connectivity index (χ1n) is 7.49. The van der Waals surface area contributed by atoms with E-state index < -0.39 is 0 Å². The number of amides is 1. The van der Waals surface area contributed by atoms with Gasteiger partial charge in [-0.3, -0.25) is 9.59 Å². The van der Waals surface area contributed by atoms with E-state index >= 15 is 0 Å². The quantitative estimate of drug-likeness (QED) is 0.671. The van der Waals surface area contributed by atoms with Gasteiger partial charge >= 0.3 is 5.97 Å². The van der Waals surface area contributed by atoms with Gasteiger partial charge in [0.25, 0.3) is 0 Å². The van der Waals surface area contributed by atoms with Gasteiger partial charge in [-0.25, -0.2) is 0 Å². The van der Waals surface area contributed by atoms with E-state index in [0.29, 0.717) is 25.6 Å². The molecule has 116 valence electrons. The first kappa shape index (κ1) is 17.0. The molecule has 0 radical (unpaired) electrons. The molecule has 0 aromatic rings. The van der Waals surface area contributed by atoms with Crippen LogP contribution in [0.25, 0.3) is 0 Å². The molecule has 1 saturated heterocycles. The number of hydrogen-bond acceptors (Lipinski definition) is 4. The third-order valence-electron chi connectivity index (χ3n) is 3.57. The van der Waals surface area contributed by atoms with Crippen molar-refractivity contribution in [2.75, 3.05) is 26.8 Å². The van der Waals surface area contributed by atoms with Gasteiger partial charge in [0.2, 0.25) is 5.91 Å². The summed E-state index contributed by atoms with van der Waals surface area (Å²) in [6.45, 7) is 6.30. The SMILES string of the molecule is COC(=O)CCC(=O)N1CCO[C@@H](CCCC(C)C)C1. The molecule has 1 fully saturated rings. The number of carbonyl (C=O) groups is 2. The van der Waals surface area contributed by atoms with E-state index in [4.69, 9.17) is 4.74 Å². The van der Waals surface area contributed by atoms with Crippen molar-refractivity contribution >= 4 is 11.9 Å². The fourth-order valence-electron chi connectivity index (χ4n) is 2.34. The molecule has 0 spiro atoms. The highest BCUT2D eigenvalue weighted by Crippen LogP contribution is 2.15. The van der Waals surface area contributed by atoms with E-state index in [1.807, 2.05) is 4.90 Å². The summed E-state index contributed by atoms with van der Waals surface area (Å²) in [5.41, 5.74) is 0. The Morgan fingerprint density at radius 2 is 2.10 bits per heavy atom. The molecule has 0 unspecified atom stereocenters. The molecule has 0 N–H and O–H groups in total. The maximum atomic E-state index is 12.0. The minimum atomic E-state index is -0.333. The molecule has 20 heavy (non-hydrogen) atoms. The summed E-state index contributed by atoms with van der Waals surface area (Å²) in [5.74, 6) is 0.393. The van der Waals surface area contributed by atoms with E-state index in [1.54, 1.807) is 0 Å². The number of methoxy groups -OCH3 is 1. The Balaban J connectivity index is 2.28. The van der Waals surface area contributed by atoms with Crippen LogP contribution in [0.5, 0.6) is 0 Å². The number of esters is 1.